The average molecular weight is 309 g/mol. The summed E-state index contributed by atoms with van der Waals surface area (Å²) in [5, 5.41) is 3.23. The molecule has 0 saturated heterocycles. The van der Waals surface area contributed by atoms with Crippen molar-refractivity contribution in [2.24, 2.45) is 5.92 Å². The summed E-state index contributed by atoms with van der Waals surface area (Å²) in [4.78, 5) is 12.8. The van der Waals surface area contributed by atoms with Crippen LogP contribution in [0.15, 0.2) is 42.5 Å². The Hall–Kier alpha value is -2.09. The highest BCUT2D eigenvalue weighted by atomic mass is 16.1. The fourth-order valence-corrected chi connectivity index (χ4v) is 2.88. The molecule has 0 aliphatic heterocycles. The molecule has 1 atom stereocenters. The van der Waals surface area contributed by atoms with E-state index in [0.717, 1.165) is 28.7 Å². The van der Waals surface area contributed by atoms with E-state index in [1.165, 1.54) is 5.56 Å². The van der Waals surface area contributed by atoms with Gasteiger partial charge in [0.2, 0.25) is 0 Å². The van der Waals surface area contributed by atoms with Crippen molar-refractivity contribution < 1.29 is 4.79 Å². The number of rotatable bonds is 5. The smallest absolute Gasteiger partial charge is 0.252 e. The molecule has 2 aromatic rings. The molecule has 0 saturated carbocycles. The van der Waals surface area contributed by atoms with Crippen LogP contribution in [-0.2, 0) is 0 Å². The van der Waals surface area contributed by atoms with Gasteiger partial charge < -0.3 is 5.32 Å². The maximum absolute atomic E-state index is 12.8. The summed E-state index contributed by atoms with van der Waals surface area (Å²) >= 11 is 0. The Morgan fingerprint density at radius 3 is 2.17 bits per heavy atom. The normalized spacial score (nSPS) is 12.3. The Labute approximate surface area is 139 Å². The van der Waals surface area contributed by atoms with Crippen molar-refractivity contribution in [1.82, 2.24) is 5.32 Å². The van der Waals surface area contributed by atoms with Gasteiger partial charge in [0.25, 0.3) is 5.91 Å². The van der Waals surface area contributed by atoms with Crippen LogP contribution in [-0.4, -0.2) is 5.91 Å². The predicted molar refractivity (Wildman–Crippen MR) is 96.8 cm³/mol. The zero-order valence-electron chi connectivity index (χ0n) is 14.8. The van der Waals surface area contributed by atoms with Gasteiger partial charge in [-0.2, -0.15) is 0 Å². The highest BCUT2D eigenvalue weighted by Gasteiger charge is 2.18. The molecule has 122 valence electrons. The van der Waals surface area contributed by atoms with Gasteiger partial charge in [-0.3, -0.25) is 4.79 Å². The Kier molecular flexibility index (Phi) is 5.59. The summed E-state index contributed by atoms with van der Waals surface area (Å²) in [5.41, 5.74) is 5.34. The summed E-state index contributed by atoms with van der Waals surface area (Å²) in [5.74, 6) is 0.529. The van der Waals surface area contributed by atoms with E-state index in [9.17, 15) is 4.79 Å². The number of amides is 1. The summed E-state index contributed by atoms with van der Waals surface area (Å²) in [6, 6.07) is 14.4. The topological polar surface area (TPSA) is 29.1 Å². The number of carbonyl (C=O) groups excluding carboxylic acids is 1. The van der Waals surface area contributed by atoms with E-state index in [-0.39, 0.29) is 11.9 Å². The first kappa shape index (κ1) is 17.3. The van der Waals surface area contributed by atoms with Crippen LogP contribution in [0.4, 0.5) is 0 Å². The lowest BCUT2D eigenvalue weighted by Crippen LogP contribution is -2.30. The van der Waals surface area contributed by atoms with Crippen LogP contribution in [0.1, 0.15) is 58.9 Å². The highest BCUT2D eigenvalue weighted by Crippen LogP contribution is 2.23. The molecule has 0 fully saturated rings. The minimum Gasteiger partial charge on any atom is -0.345 e. The molecule has 2 heteroatoms. The molecule has 23 heavy (non-hydrogen) atoms. The molecule has 2 rings (SSSR count). The zero-order chi connectivity index (χ0) is 17.0. The van der Waals surface area contributed by atoms with Crippen LogP contribution in [0, 0.1) is 26.7 Å². The van der Waals surface area contributed by atoms with Crippen molar-refractivity contribution in [2.75, 3.05) is 0 Å². The van der Waals surface area contributed by atoms with Crippen molar-refractivity contribution in [3.63, 3.8) is 0 Å². The fraction of sp³-hybridized carbons (Fsp3) is 0.381. The van der Waals surface area contributed by atoms with Crippen LogP contribution < -0.4 is 5.32 Å². The quantitative estimate of drug-likeness (QED) is 0.815. The zero-order valence-corrected chi connectivity index (χ0v) is 14.8. The molecular formula is C21H27NO. The van der Waals surface area contributed by atoms with Gasteiger partial charge in [-0.05, 0) is 61.4 Å². The third-order valence-corrected chi connectivity index (χ3v) is 4.30. The van der Waals surface area contributed by atoms with Gasteiger partial charge in [0.1, 0.15) is 0 Å². The first-order valence-electron chi connectivity index (χ1n) is 8.32. The summed E-state index contributed by atoms with van der Waals surface area (Å²) in [7, 11) is 0. The second kappa shape index (κ2) is 7.45. The second-order valence-corrected chi connectivity index (χ2v) is 6.82. The van der Waals surface area contributed by atoms with Gasteiger partial charge in [-0.15, -0.1) is 0 Å². The van der Waals surface area contributed by atoms with Crippen molar-refractivity contribution in [3.8, 4) is 0 Å². The average Bonchev–Trinajstić information content (AvgIpc) is 2.50. The summed E-state index contributed by atoms with van der Waals surface area (Å²) < 4.78 is 0. The molecule has 1 amide bonds. The molecule has 0 aliphatic carbocycles. The maximum Gasteiger partial charge on any atom is 0.252 e. The van der Waals surface area contributed by atoms with E-state index in [0.29, 0.717) is 5.92 Å². The van der Waals surface area contributed by atoms with Crippen molar-refractivity contribution in [3.05, 3.63) is 70.3 Å². The van der Waals surface area contributed by atoms with E-state index in [1.807, 2.05) is 38.1 Å². The minimum atomic E-state index is 0.0140. The van der Waals surface area contributed by atoms with E-state index in [4.69, 9.17) is 0 Å². The summed E-state index contributed by atoms with van der Waals surface area (Å²) in [6.45, 7) is 10.5. The molecule has 0 radical (unpaired) electrons. The Morgan fingerprint density at radius 1 is 0.957 bits per heavy atom. The van der Waals surface area contributed by atoms with E-state index in [1.54, 1.807) is 0 Å². The Morgan fingerprint density at radius 2 is 1.57 bits per heavy atom. The van der Waals surface area contributed by atoms with Crippen molar-refractivity contribution in [2.45, 2.75) is 47.1 Å². The van der Waals surface area contributed by atoms with Crippen molar-refractivity contribution in [1.29, 1.82) is 0 Å². The molecule has 1 N–H and O–H groups in total. The van der Waals surface area contributed by atoms with Gasteiger partial charge in [-0.1, -0.05) is 50.2 Å². The fourth-order valence-electron chi connectivity index (χ4n) is 2.88. The van der Waals surface area contributed by atoms with Crippen LogP contribution in [0.3, 0.4) is 0 Å². The number of carbonyl (C=O) groups is 1. The molecule has 0 aliphatic rings. The molecule has 0 aromatic heterocycles. The molecule has 0 heterocycles. The van der Waals surface area contributed by atoms with E-state index in [2.05, 4.69) is 44.3 Å². The van der Waals surface area contributed by atoms with Crippen molar-refractivity contribution >= 4 is 5.91 Å². The lowest BCUT2D eigenvalue weighted by molar-refractivity contribution is 0.0931. The monoisotopic (exact) mass is 309 g/mol. The minimum absolute atomic E-state index is 0.0140. The van der Waals surface area contributed by atoms with E-state index >= 15 is 0 Å². The van der Waals surface area contributed by atoms with Gasteiger partial charge in [0.05, 0.1) is 6.04 Å². The third kappa shape index (κ3) is 4.44. The Bertz CT molecular complexity index is 674. The third-order valence-electron chi connectivity index (χ3n) is 4.30. The molecule has 0 bridgehead atoms. The molecule has 0 unspecified atom stereocenters. The largest absolute Gasteiger partial charge is 0.345 e. The number of nitrogens with one attached hydrogen (secondary N) is 1. The molecule has 2 aromatic carbocycles. The number of hydrogen-bond donors (Lipinski definition) is 1. The van der Waals surface area contributed by atoms with Crippen LogP contribution in [0.2, 0.25) is 0 Å². The number of aryl methyl sites for hydroxylation is 3. The Balaban J connectivity index is 2.26. The predicted octanol–water partition coefficient (Wildman–Crippen LogP) is 5.13. The van der Waals surface area contributed by atoms with Gasteiger partial charge in [0.15, 0.2) is 0 Å². The first-order chi connectivity index (χ1) is 10.9. The highest BCUT2D eigenvalue weighted by molar-refractivity contribution is 5.96. The van der Waals surface area contributed by atoms with Gasteiger partial charge in [-0.25, -0.2) is 0 Å². The number of hydrogen-bond acceptors (Lipinski definition) is 1. The number of benzene rings is 2. The lowest BCUT2D eigenvalue weighted by Gasteiger charge is -2.22. The SMILES string of the molecule is Cc1cc(C)c(C(=O)N[C@@H](CC(C)C)c2ccccc2)cc1C. The standard InChI is InChI=1S/C21H27NO/c1-14(2)11-20(18-9-7-6-8-10-18)22-21(23)19-13-16(4)15(3)12-17(19)5/h6-10,12-14,20H,11H2,1-5H3,(H,22,23)/t20-/m0/s1. The van der Waals surface area contributed by atoms with Gasteiger partial charge in [0, 0.05) is 5.56 Å². The molecule has 2 nitrogen and oxygen atoms in total. The first-order valence-corrected chi connectivity index (χ1v) is 8.32. The van der Waals surface area contributed by atoms with Crippen LogP contribution >= 0.6 is 0 Å². The second-order valence-electron chi connectivity index (χ2n) is 6.82. The van der Waals surface area contributed by atoms with E-state index < -0.39 is 0 Å². The van der Waals surface area contributed by atoms with Gasteiger partial charge >= 0.3 is 0 Å². The summed E-state index contributed by atoms with van der Waals surface area (Å²) in [6.07, 6.45) is 0.930. The molecular weight excluding hydrogens is 282 g/mol. The van der Waals surface area contributed by atoms with Crippen LogP contribution in [0.25, 0.3) is 0 Å². The lowest BCUT2D eigenvalue weighted by atomic mass is 9.95. The molecule has 0 spiro atoms. The van der Waals surface area contributed by atoms with Crippen LogP contribution in [0.5, 0.6) is 0 Å². The maximum atomic E-state index is 12.8.